The van der Waals surface area contributed by atoms with Crippen LogP contribution < -0.4 is 5.32 Å². The van der Waals surface area contributed by atoms with Gasteiger partial charge in [0.15, 0.2) is 0 Å². The molecule has 2 heteroatoms. The van der Waals surface area contributed by atoms with Crippen molar-refractivity contribution < 1.29 is 0 Å². The molecule has 0 aromatic carbocycles. The van der Waals surface area contributed by atoms with E-state index < -0.39 is 0 Å². The van der Waals surface area contributed by atoms with Crippen LogP contribution in [0.2, 0.25) is 0 Å². The Morgan fingerprint density at radius 1 is 1.24 bits per heavy atom. The molecule has 1 aliphatic rings. The number of hydrogen-bond donors (Lipinski definition) is 1. The van der Waals surface area contributed by atoms with Gasteiger partial charge in [-0.3, -0.25) is 0 Å². The second kappa shape index (κ2) is 7.38. The number of rotatable bonds is 7. The van der Waals surface area contributed by atoms with Crippen molar-refractivity contribution in [1.82, 2.24) is 10.2 Å². The molecule has 1 aliphatic carbocycles. The van der Waals surface area contributed by atoms with E-state index >= 15 is 0 Å². The molecule has 0 aliphatic heterocycles. The molecular weight excluding hydrogens is 208 g/mol. The lowest BCUT2D eigenvalue weighted by Crippen LogP contribution is -2.45. The summed E-state index contributed by atoms with van der Waals surface area (Å²) < 4.78 is 0. The molecular formula is C15H32N2. The third kappa shape index (κ3) is 4.59. The van der Waals surface area contributed by atoms with Crippen LogP contribution in [0.25, 0.3) is 0 Å². The van der Waals surface area contributed by atoms with E-state index in [0.717, 1.165) is 5.92 Å². The first-order valence-corrected chi connectivity index (χ1v) is 7.52. The zero-order valence-electron chi connectivity index (χ0n) is 12.4. The summed E-state index contributed by atoms with van der Waals surface area (Å²) >= 11 is 0. The molecule has 0 aromatic rings. The smallest absolute Gasteiger partial charge is 0.00500 e. The van der Waals surface area contributed by atoms with Crippen LogP contribution in [0.15, 0.2) is 0 Å². The molecule has 0 radical (unpaired) electrons. The monoisotopic (exact) mass is 240 g/mol. The lowest BCUT2D eigenvalue weighted by Gasteiger charge is -2.42. The SMILES string of the molecule is CCCN(CC)CC1(CNC)CCC(C)CC1. The molecule has 1 fully saturated rings. The van der Waals surface area contributed by atoms with E-state index in [1.54, 1.807) is 0 Å². The highest BCUT2D eigenvalue weighted by molar-refractivity contribution is 4.88. The van der Waals surface area contributed by atoms with Crippen molar-refractivity contribution in [1.29, 1.82) is 0 Å². The Labute approximate surface area is 108 Å². The van der Waals surface area contributed by atoms with Gasteiger partial charge >= 0.3 is 0 Å². The zero-order valence-corrected chi connectivity index (χ0v) is 12.4. The van der Waals surface area contributed by atoms with E-state index in [1.807, 2.05) is 0 Å². The van der Waals surface area contributed by atoms with Crippen molar-refractivity contribution in [3.63, 3.8) is 0 Å². The number of nitrogens with one attached hydrogen (secondary N) is 1. The minimum Gasteiger partial charge on any atom is -0.319 e. The first-order valence-electron chi connectivity index (χ1n) is 7.52. The summed E-state index contributed by atoms with van der Waals surface area (Å²) in [6.07, 6.45) is 6.95. The lowest BCUT2D eigenvalue weighted by atomic mass is 9.70. The van der Waals surface area contributed by atoms with E-state index in [4.69, 9.17) is 0 Å². The topological polar surface area (TPSA) is 15.3 Å². The molecule has 102 valence electrons. The third-order valence-electron chi connectivity index (χ3n) is 4.43. The quantitative estimate of drug-likeness (QED) is 0.735. The van der Waals surface area contributed by atoms with Gasteiger partial charge in [-0.1, -0.05) is 33.6 Å². The van der Waals surface area contributed by atoms with Gasteiger partial charge in [-0.2, -0.15) is 0 Å². The normalized spacial score (nSPS) is 29.8. The highest BCUT2D eigenvalue weighted by Crippen LogP contribution is 2.39. The van der Waals surface area contributed by atoms with Crippen molar-refractivity contribution in [2.45, 2.75) is 52.9 Å². The van der Waals surface area contributed by atoms with Gasteiger partial charge in [0.2, 0.25) is 0 Å². The summed E-state index contributed by atoms with van der Waals surface area (Å²) in [5, 5.41) is 3.44. The second-order valence-corrected chi connectivity index (χ2v) is 6.08. The summed E-state index contributed by atoms with van der Waals surface area (Å²) in [4.78, 5) is 2.65. The fraction of sp³-hybridized carbons (Fsp3) is 1.00. The number of hydrogen-bond acceptors (Lipinski definition) is 2. The molecule has 2 nitrogen and oxygen atoms in total. The first-order chi connectivity index (χ1) is 8.15. The molecule has 1 N–H and O–H groups in total. The maximum absolute atomic E-state index is 3.44. The van der Waals surface area contributed by atoms with Gasteiger partial charge in [0.25, 0.3) is 0 Å². The van der Waals surface area contributed by atoms with Crippen molar-refractivity contribution >= 4 is 0 Å². The van der Waals surface area contributed by atoms with Gasteiger partial charge in [0, 0.05) is 13.1 Å². The van der Waals surface area contributed by atoms with E-state index in [9.17, 15) is 0 Å². The van der Waals surface area contributed by atoms with Gasteiger partial charge < -0.3 is 10.2 Å². The predicted octanol–water partition coefficient (Wildman–Crippen LogP) is 3.13. The Bertz CT molecular complexity index is 195. The standard InChI is InChI=1S/C15H32N2/c1-5-11-17(6-2)13-15(12-16-4)9-7-14(3)8-10-15/h14,16H,5-13H2,1-4H3. The van der Waals surface area contributed by atoms with Crippen LogP contribution in [-0.4, -0.2) is 38.1 Å². The average Bonchev–Trinajstić information content (AvgIpc) is 2.33. The summed E-state index contributed by atoms with van der Waals surface area (Å²) in [7, 11) is 2.11. The molecule has 0 heterocycles. The van der Waals surface area contributed by atoms with Crippen molar-refractivity contribution in [2.75, 3.05) is 33.2 Å². The fourth-order valence-corrected chi connectivity index (χ4v) is 3.28. The molecule has 0 atom stereocenters. The van der Waals surface area contributed by atoms with Gasteiger partial charge in [-0.25, -0.2) is 0 Å². The van der Waals surface area contributed by atoms with E-state index in [1.165, 1.54) is 58.3 Å². The highest BCUT2D eigenvalue weighted by Gasteiger charge is 2.34. The molecule has 0 bridgehead atoms. The summed E-state index contributed by atoms with van der Waals surface area (Å²) in [6.45, 7) is 12.0. The molecule has 1 rings (SSSR count). The Morgan fingerprint density at radius 2 is 1.88 bits per heavy atom. The Hall–Kier alpha value is -0.0800. The van der Waals surface area contributed by atoms with Crippen molar-refractivity contribution in [2.24, 2.45) is 11.3 Å². The van der Waals surface area contributed by atoms with Crippen LogP contribution in [0.3, 0.4) is 0 Å². The maximum atomic E-state index is 3.44. The van der Waals surface area contributed by atoms with Crippen molar-refractivity contribution in [3.05, 3.63) is 0 Å². The first kappa shape index (κ1) is 15.0. The minimum atomic E-state index is 0.548. The molecule has 0 unspecified atom stereocenters. The van der Waals surface area contributed by atoms with Crippen LogP contribution in [0.5, 0.6) is 0 Å². The van der Waals surface area contributed by atoms with E-state index in [0.29, 0.717) is 5.41 Å². The molecule has 0 amide bonds. The molecule has 0 spiro atoms. The van der Waals surface area contributed by atoms with Gasteiger partial charge in [0.1, 0.15) is 0 Å². The predicted molar refractivity (Wildman–Crippen MR) is 76.4 cm³/mol. The van der Waals surface area contributed by atoms with Crippen LogP contribution in [-0.2, 0) is 0 Å². The summed E-state index contributed by atoms with van der Waals surface area (Å²) in [6, 6.07) is 0. The summed E-state index contributed by atoms with van der Waals surface area (Å²) in [5.41, 5.74) is 0.548. The van der Waals surface area contributed by atoms with Crippen LogP contribution >= 0.6 is 0 Å². The highest BCUT2D eigenvalue weighted by atomic mass is 15.1. The van der Waals surface area contributed by atoms with Crippen LogP contribution in [0.4, 0.5) is 0 Å². The van der Waals surface area contributed by atoms with E-state index in [2.05, 4.69) is 38.0 Å². The maximum Gasteiger partial charge on any atom is 0.00500 e. The molecule has 0 saturated heterocycles. The van der Waals surface area contributed by atoms with Crippen molar-refractivity contribution in [3.8, 4) is 0 Å². The summed E-state index contributed by atoms with van der Waals surface area (Å²) in [5.74, 6) is 0.946. The van der Waals surface area contributed by atoms with Gasteiger partial charge in [0.05, 0.1) is 0 Å². The van der Waals surface area contributed by atoms with Gasteiger partial charge in [-0.15, -0.1) is 0 Å². The fourth-order valence-electron chi connectivity index (χ4n) is 3.28. The van der Waals surface area contributed by atoms with Gasteiger partial charge in [-0.05, 0) is 50.7 Å². The van der Waals surface area contributed by atoms with E-state index in [-0.39, 0.29) is 0 Å². The lowest BCUT2D eigenvalue weighted by molar-refractivity contribution is 0.0908. The van der Waals surface area contributed by atoms with Crippen LogP contribution in [0, 0.1) is 11.3 Å². The Kier molecular flexibility index (Phi) is 6.50. The zero-order chi connectivity index (χ0) is 12.7. The Morgan fingerprint density at radius 3 is 2.35 bits per heavy atom. The molecule has 1 saturated carbocycles. The molecule has 0 aromatic heterocycles. The molecule has 17 heavy (non-hydrogen) atoms. The second-order valence-electron chi connectivity index (χ2n) is 6.08. The third-order valence-corrected chi connectivity index (χ3v) is 4.43. The average molecular weight is 240 g/mol. The van der Waals surface area contributed by atoms with Crippen LogP contribution in [0.1, 0.15) is 52.9 Å². The number of nitrogens with zero attached hydrogens (tertiary/aromatic N) is 1. The minimum absolute atomic E-state index is 0.548. The largest absolute Gasteiger partial charge is 0.319 e. The Balaban J connectivity index is 2.57.